The van der Waals surface area contributed by atoms with Gasteiger partial charge < -0.3 is 19.4 Å². The van der Waals surface area contributed by atoms with Crippen LogP contribution in [0.2, 0.25) is 0 Å². The molecule has 0 unspecified atom stereocenters. The second-order valence-electron chi connectivity index (χ2n) is 6.37. The summed E-state index contributed by atoms with van der Waals surface area (Å²) in [4.78, 5) is 39.1. The first kappa shape index (κ1) is 19.2. The SMILES string of the molecule is CCOC(=O)C1CCN(C(=O)c2sc(NC(=O)c3ccco3)cc2C)CC1. The molecule has 0 radical (unpaired) electrons. The number of carbonyl (C=O) groups is 3. The molecule has 1 saturated heterocycles. The lowest BCUT2D eigenvalue weighted by Gasteiger charge is -2.30. The van der Waals surface area contributed by atoms with Gasteiger partial charge in [0.1, 0.15) is 0 Å². The normalized spacial score (nSPS) is 14.8. The molecule has 0 saturated carbocycles. The Hall–Kier alpha value is -2.61. The summed E-state index contributed by atoms with van der Waals surface area (Å²) in [5.41, 5.74) is 0.812. The molecule has 1 fully saturated rings. The topological polar surface area (TPSA) is 88.9 Å². The lowest BCUT2D eigenvalue weighted by atomic mass is 9.97. The highest BCUT2D eigenvalue weighted by atomic mass is 32.1. The van der Waals surface area contributed by atoms with Crippen LogP contribution in [0.25, 0.3) is 0 Å². The Morgan fingerprint density at radius 3 is 2.70 bits per heavy atom. The fourth-order valence-corrected chi connectivity index (χ4v) is 4.09. The van der Waals surface area contributed by atoms with Crippen molar-refractivity contribution in [2.75, 3.05) is 25.0 Å². The number of ether oxygens (including phenoxy) is 1. The maximum Gasteiger partial charge on any atom is 0.309 e. The molecular weight excluding hydrogens is 368 g/mol. The van der Waals surface area contributed by atoms with E-state index < -0.39 is 0 Å². The molecule has 0 bridgehead atoms. The largest absolute Gasteiger partial charge is 0.466 e. The quantitative estimate of drug-likeness (QED) is 0.791. The van der Waals surface area contributed by atoms with E-state index in [2.05, 4.69) is 5.32 Å². The van der Waals surface area contributed by atoms with Crippen LogP contribution in [0.3, 0.4) is 0 Å². The van der Waals surface area contributed by atoms with Gasteiger partial charge in [0.2, 0.25) is 0 Å². The van der Waals surface area contributed by atoms with Crippen molar-refractivity contribution in [2.45, 2.75) is 26.7 Å². The first-order valence-electron chi connectivity index (χ1n) is 8.90. The minimum Gasteiger partial charge on any atom is -0.466 e. The number of piperidine rings is 1. The molecule has 1 aliphatic rings. The number of anilines is 1. The number of thiophene rings is 1. The zero-order valence-electron chi connectivity index (χ0n) is 15.3. The summed E-state index contributed by atoms with van der Waals surface area (Å²) in [6.45, 7) is 5.05. The molecule has 8 heteroatoms. The van der Waals surface area contributed by atoms with Gasteiger partial charge in [0.15, 0.2) is 5.76 Å². The van der Waals surface area contributed by atoms with Crippen LogP contribution in [-0.2, 0) is 9.53 Å². The van der Waals surface area contributed by atoms with Crippen molar-refractivity contribution in [3.63, 3.8) is 0 Å². The average Bonchev–Trinajstić information content (AvgIpc) is 3.31. The molecule has 1 N–H and O–H groups in total. The van der Waals surface area contributed by atoms with Gasteiger partial charge >= 0.3 is 5.97 Å². The number of furan rings is 1. The zero-order valence-corrected chi connectivity index (χ0v) is 16.1. The summed E-state index contributed by atoms with van der Waals surface area (Å²) in [7, 11) is 0. The Morgan fingerprint density at radius 1 is 1.33 bits per heavy atom. The highest BCUT2D eigenvalue weighted by Crippen LogP contribution is 2.30. The minimum atomic E-state index is -0.351. The van der Waals surface area contributed by atoms with Crippen LogP contribution >= 0.6 is 11.3 Å². The van der Waals surface area contributed by atoms with Crippen molar-refractivity contribution in [3.8, 4) is 0 Å². The Kier molecular flexibility index (Phi) is 5.95. The van der Waals surface area contributed by atoms with E-state index in [4.69, 9.17) is 9.15 Å². The third kappa shape index (κ3) is 4.39. The number of hydrogen-bond acceptors (Lipinski definition) is 6. The van der Waals surface area contributed by atoms with Gasteiger partial charge in [-0.1, -0.05) is 0 Å². The van der Waals surface area contributed by atoms with E-state index in [1.807, 2.05) is 6.92 Å². The second-order valence-corrected chi connectivity index (χ2v) is 7.42. The number of aryl methyl sites for hydroxylation is 1. The number of hydrogen-bond donors (Lipinski definition) is 1. The fourth-order valence-electron chi connectivity index (χ4n) is 3.06. The third-order valence-corrected chi connectivity index (χ3v) is 5.64. The summed E-state index contributed by atoms with van der Waals surface area (Å²) >= 11 is 1.25. The Balaban J connectivity index is 1.62. The molecule has 0 aliphatic carbocycles. The van der Waals surface area contributed by atoms with Crippen molar-refractivity contribution in [1.29, 1.82) is 0 Å². The van der Waals surface area contributed by atoms with E-state index in [1.54, 1.807) is 30.0 Å². The van der Waals surface area contributed by atoms with E-state index in [0.29, 0.717) is 42.4 Å². The summed E-state index contributed by atoms with van der Waals surface area (Å²) in [5, 5.41) is 3.35. The van der Waals surface area contributed by atoms with Crippen LogP contribution in [-0.4, -0.2) is 42.4 Å². The maximum absolute atomic E-state index is 12.8. The molecule has 7 nitrogen and oxygen atoms in total. The predicted molar refractivity (Wildman–Crippen MR) is 101 cm³/mol. The number of nitrogens with one attached hydrogen (secondary N) is 1. The Morgan fingerprint density at radius 2 is 2.07 bits per heavy atom. The molecule has 0 aromatic carbocycles. The standard InChI is InChI=1S/C19H22N2O5S/c1-3-25-19(24)13-6-8-21(9-7-13)18(23)16-12(2)11-15(27-16)20-17(22)14-5-4-10-26-14/h4-5,10-11,13H,3,6-9H2,1-2H3,(H,20,22). The van der Waals surface area contributed by atoms with Crippen molar-refractivity contribution in [1.82, 2.24) is 4.90 Å². The zero-order chi connectivity index (χ0) is 19.4. The summed E-state index contributed by atoms with van der Waals surface area (Å²) < 4.78 is 10.1. The number of carbonyl (C=O) groups excluding carboxylic acids is 3. The van der Waals surface area contributed by atoms with E-state index >= 15 is 0 Å². The maximum atomic E-state index is 12.8. The van der Waals surface area contributed by atoms with Crippen LogP contribution in [0.1, 0.15) is 45.6 Å². The number of amides is 2. The minimum absolute atomic E-state index is 0.0710. The van der Waals surface area contributed by atoms with Gasteiger partial charge in [0, 0.05) is 13.1 Å². The van der Waals surface area contributed by atoms with Gasteiger partial charge in [-0.3, -0.25) is 14.4 Å². The monoisotopic (exact) mass is 390 g/mol. The molecular formula is C19H22N2O5S. The molecule has 1 aliphatic heterocycles. The predicted octanol–water partition coefficient (Wildman–Crippen LogP) is 3.32. The lowest BCUT2D eigenvalue weighted by molar-refractivity contribution is -0.149. The number of rotatable bonds is 5. The molecule has 2 amide bonds. The fraction of sp³-hybridized carbons (Fsp3) is 0.421. The van der Waals surface area contributed by atoms with Gasteiger partial charge in [-0.15, -0.1) is 11.3 Å². The van der Waals surface area contributed by atoms with E-state index in [0.717, 1.165) is 5.56 Å². The average molecular weight is 390 g/mol. The summed E-state index contributed by atoms with van der Waals surface area (Å²) in [6.07, 6.45) is 2.65. The first-order valence-corrected chi connectivity index (χ1v) is 9.72. The van der Waals surface area contributed by atoms with Crippen LogP contribution < -0.4 is 5.32 Å². The molecule has 2 aromatic heterocycles. The molecule has 0 spiro atoms. The number of likely N-dealkylation sites (tertiary alicyclic amines) is 1. The van der Waals surface area contributed by atoms with Crippen LogP contribution in [0.4, 0.5) is 5.00 Å². The molecule has 0 atom stereocenters. The van der Waals surface area contributed by atoms with Crippen LogP contribution in [0, 0.1) is 12.8 Å². The van der Waals surface area contributed by atoms with Gasteiger partial charge in [-0.25, -0.2) is 0 Å². The third-order valence-electron chi connectivity index (χ3n) is 4.50. The molecule has 27 heavy (non-hydrogen) atoms. The summed E-state index contributed by atoms with van der Waals surface area (Å²) in [5.74, 6) is -0.523. The number of nitrogens with zero attached hydrogens (tertiary/aromatic N) is 1. The first-order chi connectivity index (χ1) is 13.0. The molecule has 3 heterocycles. The van der Waals surface area contributed by atoms with Gasteiger partial charge in [0.05, 0.1) is 28.7 Å². The van der Waals surface area contributed by atoms with Crippen molar-refractivity contribution < 1.29 is 23.5 Å². The van der Waals surface area contributed by atoms with E-state index in [1.165, 1.54) is 17.6 Å². The second kappa shape index (κ2) is 8.39. The highest BCUT2D eigenvalue weighted by Gasteiger charge is 2.30. The van der Waals surface area contributed by atoms with E-state index in [-0.39, 0.29) is 29.5 Å². The molecule has 3 rings (SSSR count). The van der Waals surface area contributed by atoms with Gasteiger partial charge in [-0.2, -0.15) is 0 Å². The Bertz CT molecular complexity index is 819. The van der Waals surface area contributed by atoms with Gasteiger partial charge in [-0.05, 0) is 50.5 Å². The van der Waals surface area contributed by atoms with Crippen molar-refractivity contribution >= 4 is 34.1 Å². The van der Waals surface area contributed by atoms with Crippen molar-refractivity contribution in [3.05, 3.63) is 40.7 Å². The van der Waals surface area contributed by atoms with Gasteiger partial charge in [0.25, 0.3) is 11.8 Å². The molecule has 144 valence electrons. The lowest BCUT2D eigenvalue weighted by Crippen LogP contribution is -2.40. The van der Waals surface area contributed by atoms with Crippen molar-refractivity contribution in [2.24, 2.45) is 5.92 Å². The molecule has 2 aromatic rings. The smallest absolute Gasteiger partial charge is 0.309 e. The number of esters is 1. The van der Waals surface area contributed by atoms with Crippen LogP contribution in [0.5, 0.6) is 0 Å². The Labute approximate surface area is 161 Å². The van der Waals surface area contributed by atoms with Crippen LogP contribution in [0.15, 0.2) is 28.9 Å². The van der Waals surface area contributed by atoms with E-state index in [9.17, 15) is 14.4 Å². The summed E-state index contributed by atoms with van der Waals surface area (Å²) in [6, 6.07) is 5.00. The highest BCUT2D eigenvalue weighted by molar-refractivity contribution is 7.18.